The van der Waals surface area contributed by atoms with Crippen LogP contribution in [-0.2, 0) is 0 Å². The van der Waals surface area contributed by atoms with Crippen LogP contribution in [-0.4, -0.2) is 6.29 Å². The molecule has 0 aromatic heterocycles. The average Bonchev–Trinajstić information content (AvgIpc) is 2.39. The van der Waals surface area contributed by atoms with E-state index in [4.69, 9.17) is 5.26 Å². The normalized spacial score (nSPS) is 9.65. The third kappa shape index (κ3) is 2.21. The summed E-state index contributed by atoms with van der Waals surface area (Å²) in [6.07, 6.45) is 0.479. The van der Waals surface area contributed by atoms with Crippen LogP contribution in [0.15, 0.2) is 42.5 Å². The Kier molecular flexibility index (Phi) is 2.97. The summed E-state index contributed by atoms with van der Waals surface area (Å²) >= 11 is 0. The number of rotatable bonds is 2. The number of carbonyl (C=O) groups excluding carboxylic acids is 1. The maximum absolute atomic E-state index is 13.1. The van der Waals surface area contributed by atoms with Gasteiger partial charge in [0.1, 0.15) is 5.82 Å². The van der Waals surface area contributed by atoms with Gasteiger partial charge < -0.3 is 0 Å². The highest BCUT2D eigenvalue weighted by atomic mass is 19.1. The largest absolute Gasteiger partial charge is 0.298 e. The number of carbonyl (C=O) groups is 1. The monoisotopic (exact) mass is 225 g/mol. The summed E-state index contributed by atoms with van der Waals surface area (Å²) in [5.41, 5.74) is 2.04. The van der Waals surface area contributed by atoms with Gasteiger partial charge in [-0.15, -0.1) is 0 Å². The third-order valence-corrected chi connectivity index (χ3v) is 2.45. The lowest BCUT2D eigenvalue weighted by atomic mass is 10.0. The Labute approximate surface area is 97.9 Å². The Balaban J connectivity index is 2.53. The molecule has 0 aliphatic heterocycles. The highest BCUT2D eigenvalue weighted by molar-refractivity contribution is 5.79. The second kappa shape index (κ2) is 4.58. The minimum atomic E-state index is -0.541. The molecule has 0 saturated carbocycles. The Morgan fingerprint density at radius 2 is 1.88 bits per heavy atom. The van der Waals surface area contributed by atoms with Crippen molar-refractivity contribution >= 4 is 6.29 Å². The van der Waals surface area contributed by atoms with Crippen LogP contribution in [0.2, 0.25) is 0 Å². The molecular formula is C14H8FNO. The van der Waals surface area contributed by atoms with Crippen molar-refractivity contribution in [3.63, 3.8) is 0 Å². The van der Waals surface area contributed by atoms with Crippen LogP contribution in [0.4, 0.5) is 4.39 Å². The summed E-state index contributed by atoms with van der Waals surface area (Å²) in [7, 11) is 0. The molecule has 0 radical (unpaired) electrons. The molecule has 2 nitrogen and oxygen atoms in total. The molecule has 82 valence electrons. The number of benzene rings is 2. The molecule has 0 N–H and O–H groups in total. The molecular weight excluding hydrogens is 217 g/mol. The van der Waals surface area contributed by atoms with E-state index in [0.29, 0.717) is 17.4 Å². The molecule has 0 bridgehead atoms. The van der Waals surface area contributed by atoms with Crippen LogP contribution in [0.5, 0.6) is 0 Å². The lowest BCUT2D eigenvalue weighted by Gasteiger charge is -2.03. The number of hydrogen-bond acceptors (Lipinski definition) is 2. The minimum Gasteiger partial charge on any atom is -0.298 e. The molecule has 2 rings (SSSR count). The Morgan fingerprint density at radius 1 is 1.12 bits per heavy atom. The molecule has 0 heterocycles. The summed E-state index contributed by atoms with van der Waals surface area (Å²) in [5.74, 6) is -0.541. The number of nitriles is 1. The van der Waals surface area contributed by atoms with Gasteiger partial charge >= 0.3 is 0 Å². The van der Waals surface area contributed by atoms with Crippen LogP contribution in [0, 0.1) is 17.1 Å². The van der Waals surface area contributed by atoms with E-state index in [1.54, 1.807) is 24.3 Å². The van der Waals surface area contributed by atoms with Crippen molar-refractivity contribution in [1.82, 2.24) is 0 Å². The van der Waals surface area contributed by atoms with Gasteiger partial charge in [-0.25, -0.2) is 4.39 Å². The molecule has 0 saturated heterocycles. The lowest BCUT2D eigenvalue weighted by molar-refractivity contribution is 0.112. The zero-order chi connectivity index (χ0) is 12.3. The van der Waals surface area contributed by atoms with Gasteiger partial charge in [0.15, 0.2) is 6.29 Å². The predicted octanol–water partition coefficient (Wildman–Crippen LogP) is 3.18. The van der Waals surface area contributed by atoms with E-state index in [1.807, 2.05) is 12.1 Å². The van der Waals surface area contributed by atoms with Gasteiger partial charge in [0.05, 0.1) is 17.2 Å². The molecule has 0 aliphatic carbocycles. The van der Waals surface area contributed by atoms with E-state index < -0.39 is 5.82 Å². The molecule has 2 aromatic rings. The third-order valence-electron chi connectivity index (χ3n) is 2.45. The van der Waals surface area contributed by atoms with E-state index in [2.05, 4.69) is 0 Å². The van der Waals surface area contributed by atoms with Gasteiger partial charge in [-0.05, 0) is 35.4 Å². The molecule has 2 aromatic carbocycles. The van der Waals surface area contributed by atoms with E-state index in [-0.39, 0.29) is 5.56 Å². The SMILES string of the molecule is N#Cc1cccc(-c2ccc(F)c(C=O)c2)c1. The van der Waals surface area contributed by atoms with Crippen molar-refractivity contribution in [2.24, 2.45) is 0 Å². The fourth-order valence-corrected chi connectivity index (χ4v) is 1.58. The predicted molar refractivity (Wildman–Crippen MR) is 61.9 cm³/mol. The van der Waals surface area contributed by atoms with Gasteiger partial charge in [0.2, 0.25) is 0 Å². The number of aldehydes is 1. The van der Waals surface area contributed by atoms with Crippen LogP contribution in [0.3, 0.4) is 0 Å². The summed E-state index contributed by atoms with van der Waals surface area (Å²) in [5, 5.41) is 8.79. The van der Waals surface area contributed by atoms with Gasteiger partial charge in [-0.2, -0.15) is 5.26 Å². The van der Waals surface area contributed by atoms with Crippen LogP contribution in [0.25, 0.3) is 11.1 Å². The van der Waals surface area contributed by atoms with E-state index >= 15 is 0 Å². The molecule has 0 atom stereocenters. The number of hydrogen-bond donors (Lipinski definition) is 0. The molecule has 3 heteroatoms. The second-order valence-corrected chi connectivity index (χ2v) is 3.55. The maximum atomic E-state index is 13.1. The van der Waals surface area contributed by atoms with Crippen molar-refractivity contribution in [3.8, 4) is 17.2 Å². The van der Waals surface area contributed by atoms with Gasteiger partial charge in [-0.1, -0.05) is 18.2 Å². The first-order chi connectivity index (χ1) is 8.24. The van der Waals surface area contributed by atoms with Crippen molar-refractivity contribution in [3.05, 3.63) is 59.4 Å². The summed E-state index contributed by atoms with van der Waals surface area (Å²) in [4.78, 5) is 10.6. The van der Waals surface area contributed by atoms with Crippen molar-refractivity contribution in [2.75, 3.05) is 0 Å². The van der Waals surface area contributed by atoms with E-state index in [1.165, 1.54) is 12.1 Å². The number of nitrogens with zero attached hydrogens (tertiary/aromatic N) is 1. The summed E-state index contributed by atoms with van der Waals surface area (Å²) < 4.78 is 13.1. The highest BCUT2D eigenvalue weighted by Gasteiger charge is 2.04. The van der Waals surface area contributed by atoms with Crippen molar-refractivity contribution in [1.29, 1.82) is 5.26 Å². The molecule has 0 spiro atoms. The Hall–Kier alpha value is -2.47. The van der Waals surface area contributed by atoms with E-state index in [9.17, 15) is 9.18 Å². The van der Waals surface area contributed by atoms with Crippen LogP contribution in [0.1, 0.15) is 15.9 Å². The maximum Gasteiger partial charge on any atom is 0.153 e. The first kappa shape index (κ1) is 11.0. The van der Waals surface area contributed by atoms with Gasteiger partial charge in [0, 0.05) is 0 Å². The minimum absolute atomic E-state index is 0.0184. The molecule has 0 amide bonds. The Morgan fingerprint density at radius 3 is 2.59 bits per heavy atom. The summed E-state index contributed by atoms with van der Waals surface area (Å²) in [6.45, 7) is 0. The summed E-state index contributed by atoms with van der Waals surface area (Å²) in [6, 6.07) is 13.3. The molecule has 0 fully saturated rings. The van der Waals surface area contributed by atoms with E-state index in [0.717, 1.165) is 5.56 Å². The zero-order valence-corrected chi connectivity index (χ0v) is 8.85. The fraction of sp³-hybridized carbons (Fsp3) is 0. The smallest absolute Gasteiger partial charge is 0.153 e. The fourth-order valence-electron chi connectivity index (χ4n) is 1.58. The first-order valence-corrected chi connectivity index (χ1v) is 5.00. The quantitative estimate of drug-likeness (QED) is 0.736. The van der Waals surface area contributed by atoms with Crippen LogP contribution < -0.4 is 0 Å². The molecule has 0 unspecified atom stereocenters. The van der Waals surface area contributed by atoms with Crippen molar-refractivity contribution < 1.29 is 9.18 Å². The Bertz CT molecular complexity index is 614. The molecule has 0 aliphatic rings. The van der Waals surface area contributed by atoms with Crippen LogP contribution >= 0.6 is 0 Å². The van der Waals surface area contributed by atoms with Crippen molar-refractivity contribution in [2.45, 2.75) is 0 Å². The standard InChI is InChI=1S/C14H8FNO/c15-14-5-4-12(7-13(14)9-17)11-3-1-2-10(6-11)8-16/h1-7,9H. The second-order valence-electron chi connectivity index (χ2n) is 3.55. The highest BCUT2D eigenvalue weighted by Crippen LogP contribution is 2.22. The topological polar surface area (TPSA) is 40.9 Å². The first-order valence-electron chi connectivity index (χ1n) is 5.00. The zero-order valence-electron chi connectivity index (χ0n) is 8.85. The number of halogens is 1. The molecule has 17 heavy (non-hydrogen) atoms. The van der Waals surface area contributed by atoms with Gasteiger partial charge in [0.25, 0.3) is 0 Å². The average molecular weight is 225 g/mol. The lowest BCUT2D eigenvalue weighted by Crippen LogP contribution is -1.89. The van der Waals surface area contributed by atoms with Gasteiger partial charge in [-0.3, -0.25) is 4.79 Å².